The molecular formula is C34H27F3O9SSi. The molecule has 0 aliphatic rings. The third-order valence-corrected chi connectivity index (χ3v) is 7.82. The van der Waals surface area contributed by atoms with Gasteiger partial charge in [-0.15, -0.1) is 5.54 Å². The molecule has 0 aliphatic heterocycles. The Morgan fingerprint density at radius 3 is 1.44 bits per heavy atom. The van der Waals surface area contributed by atoms with Gasteiger partial charge in [0.15, 0.2) is 5.75 Å². The van der Waals surface area contributed by atoms with Gasteiger partial charge in [-0.25, -0.2) is 14.4 Å². The van der Waals surface area contributed by atoms with Gasteiger partial charge in [0.25, 0.3) is 0 Å². The lowest BCUT2D eigenvalue weighted by atomic mass is 10.0. The summed E-state index contributed by atoms with van der Waals surface area (Å²) in [6.07, 6.45) is 0. The predicted molar refractivity (Wildman–Crippen MR) is 171 cm³/mol. The second kappa shape index (κ2) is 14.9. The highest BCUT2D eigenvalue weighted by molar-refractivity contribution is 7.88. The van der Waals surface area contributed by atoms with Crippen LogP contribution in [0.2, 0.25) is 19.6 Å². The maximum Gasteiger partial charge on any atom is 0.534 e. The van der Waals surface area contributed by atoms with Crippen LogP contribution in [0.25, 0.3) is 0 Å². The summed E-state index contributed by atoms with van der Waals surface area (Å²) in [7, 11) is -4.41. The van der Waals surface area contributed by atoms with Gasteiger partial charge < -0.3 is 18.4 Å². The van der Waals surface area contributed by atoms with E-state index in [4.69, 9.17) is 9.47 Å². The summed E-state index contributed by atoms with van der Waals surface area (Å²) >= 11 is 0. The third-order valence-electron chi connectivity index (χ3n) is 5.98. The number of carbonyl (C=O) groups is 3. The topological polar surface area (TPSA) is 122 Å². The van der Waals surface area contributed by atoms with Crippen molar-refractivity contribution in [3.63, 3.8) is 0 Å². The van der Waals surface area contributed by atoms with E-state index in [-0.39, 0.29) is 22.3 Å². The van der Waals surface area contributed by atoms with Crippen molar-refractivity contribution < 1.29 is 54.4 Å². The number of halogens is 3. The second-order valence-electron chi connectivity index (χ2n) is 10.7. The third kappa shape index (κ3) is 9.52. The number of ether oxygens (including phenoxy) is 3. The van der Waals surface area contributed by atoms with Gasteiger partial charge in [-0.3, -0.25) is 0 Å². The van der Waals surface area contributed by atoms with Crippen molar-refractivity contribution in [1.29, 1.82) is 0 Å². The highest BCUT2D eigenvalue weighted by atomic mass is 32.2. The van der Waals surface area contributed by atoms with Crippen LogP contribution in [0.15, 0.2) is 54.6 Å². The van der Waals surface area contributed by atoms with Gasteiger partial charge >= 0.3 is 33.5 Å². The zero-order chi connectivity index (χ0) is 35.9. The van der Waals surface area contributed by atoms with Crippen LogP contribution >= 0.6 is 0 Å². The van der Waals surface area contributed by atoms with Crippen molar-refractivity contribution in [3.8, 4) is 40.9 Å². The summed E-state index contributed by atoms with van der Waals surface area (Å²) in [4.78, 5) is 37.3. The van der Waals surface area contributed by atoms with E-state index in [9.17, 15) is 36.0 Å². The molecule has 0 saturated carbocycles. The molecule has 0 amide bonds. The Hall–Kier alpha value is -5.49. The molecule has 0 unspecified atom stereocenters. The number of hydrogen-bond donors (Lipinski definition) is 0. The summed E-state index contributed by atoms with van der Waals surface area (Å²) in [5.41, 5.74) is -1.37. The van der Waals surface area contributed by atoms with Crippen LogP contribution in [0.1, 0.15) is 58.9 Å². The quantitative estimate of drug-likeness (QED) is 0.0874. The van der Waals surface area contributed by atoms with Crippen molar-refractivity contribution in [1.82, 2.24) is 0 Å². The Bertz CT molecular complexity index is 2080. The van der Waals surface area contributed by atoms with Gasteiger partial charge in [0.05, 0.1) is 32.5 Å². The standard InChI is InChI=1S/C34H27F3O9SSi/c1-43-31(38)27-19-22(8-13-26-15-10-24(17-18-48(4,5)6)20-28(26)32(39)44-2)7-12-25(27)14-9-23-11-16-30(29(21-23)33(40)45-3)46-47(41,42)34(35,36)37/h7,10-12,15-16,19-21H,1-6H3. The van der Waals surface area contributed by atoms with Gasteiger partial charge in [0.2, 0.25) is 0 Å². The molecule has 0 bridgehead atoms. The van der Waals surface area contributed by atoms with E-state index in [1.54, 1.807) is 24.3 Å². The van der Waals surface area contributed by atoms with E-state index in [0.717, 1.165) is 32.4 Å². The predicted octanol–water partition coefficient (Wildman–Crippen LogP) is 5.30. The molecule has 0 aliphatic carbocycles. The minimum absolute atomic E-state index is 0.00590. The zero-order valence-electron chi connectivity index (χ0n) is 26.4. The SMILES string of the molecule is COC(=O)c1cc(C#C[Si](C)(C)C)ccc1C#Cc1ccc(C#Cc2ccc(OS(=O)(=O)C(F)(F)F)c(C(=O)OC)c2)c(C(=O)OC)c1. The number of alkyl halides is 3. The van der Waals surface area contributed by atoms with Gasteiger partial charge in [-0.05, 0) is 54.6 Å². The van der Waals surface area contributed by atoms with Crippen molar-refractivity contribution in [3.05, 3.63) is 99.1 Å². The van der Waals surface area contributed by atoms with E-state index in [2.05, 4.69) is 63.7 Å². The highest BCUT2D eigenvalue weighted by Crippen LogP contribution is 2.30. The van der Waals surface area contributed by atoms with Gasteiger partial charge in [0.1, 0.15) is 13.6 Å². The number of benzene rings is 3. The smallest absolute Gasteiger partial charge is 0.465 e. The molecule has 9 nitrogen and oxygen atoms in total. The molecule has 0 aromatic heterocycles. The monoisotopic (exact) mass is 696 g/mol. The lowest BCUT2D eigenvalue weighted by molar-refractivity contribution is -0.0500. The highest BCUT2D eigenvalue weighted by Gasteiger charge is 2.49. The average Bonchev–Trinajstić information content (AvgIpc) is 3.04. The number of rotatable bonds is 5. The van der Waals surface area contributed by atoms with Crippen LogP contribution in [-0.4, -0.2) is 61.2 Å². The maximum absolute atomic E-state index is 12.8. The first-order valence-corrected chi connectivity index (χ1v) is 18.5. The fourth-order valence-electron chi connectivity index (χ4n) is 3.67. The molecule has 0 heterocycles. The lowest BCUT2D eigenvalue weighted by Gasteiger charge is -2.12. The summed E-state index contributed by atoms with van der Waals surface area (Å²) in [6.45, 7) is 6.28. The van der Waals surface area contributed by atoms with E-state index in [0.29, 0.717) is 16.7 Å². The van der Waals surface area contributed by atoms with Gasteiger partial charge in [-0.2, -0.15) is 21.6 Å². The molecule has 0 fully saturated rings. The molecule has 48 heavy (non-hydrogen) atoms. The molecule has 3 aromatic rings. The molecular weight excluding hydrogens is 670 g/mol. The molecule has 0 atom stereocenters. The first-order valence-electron chi connectivity index (χ1n) is 13.6. The summed E-state index contributed by atoms with van der Waals surface area (Å²) in [6, 6.07) is 12.3. The second-order valence-corrected chi connectivity index (χ2v) is 17.0. The number of carbonyl (C=O) groups excluding carboxylic acids is 3. The Morgan fingerprint density at radius 2 is 1.02 bits per heavy atom. The van der Waals surface area contributed by atoms with E-state index in [1.165, 1.54) is 19.2 Å². The van der Waals surface area contributed by atoms with Crippen LogP contribution in [0.3, 0.4) is 0 Å². The zero-order valence-corrected chi connectivity index (χ0v) is 28.2. The lowest BCUT2D eigenvalue weighted by Crippen LogP contribution is -2.28. The summed E-state index contributed by atoms with van der Waals surface area (Å²) < 4.78 is 79.9. The molecule has 248 valence electrons. The molecule has 3 aromatic carbocycles. The Kier molecular flexibility index (Phi) is 11.5. The van der Waals surface area contributed by atoms with Crippen molar-refractivity contribution in [2.24, 2.45) is 0 Å². The Balaban J connectivity index is 2.03. The van der Waals surface area contributed by atoms with Crippen LogP contribution in [0.4, 0.5) is 13.2 Å². The van der Waals surface area contributed by atoms with Crippen LogP contribution in [-0.2, 0) is 24.3 Å². The van der Waals surface area contributed by atoms with Crippen molar-refractivity contribution in [2.75, 3.05) is 21.3 Å². The van der Waals surface area contributed by atoms with Crippen molar-refractivity contribution >= 4 is 36.1 Å². The minimum Gasteiger partial charge on any atom is -0.465 e. The van der Waals surface area contributed by atoms with E-state index >= 15 is 0 Å². The fourth-order valence-corrected chi connectivity index (χ4v) is 4.67. The fraction of sp³-hybridized carbons (Fsp3) is 0.206. The molecule has 0 radical (unpaired) electrons. The van der Waals surface area contributed by atoms with E-state index < -0.39 is 52.9 Å². The summed E-state index contributed by atoms with van der Waals surface area (Å²) in [5.74, 6) is 10.8. The molecule has 0 saturated heterocycles. The Labute approximate surface area is 276 Å². The van der Waals surface area contributed by atoms with Crippen LogP contribution in [0.5, 0.6) is 5.75 Å². The minimum atomic E-state index is -6.08. The average molecular weight is 697 g/mol. The molecule has 0 spiro atoms. The number of hydrogen-bond acceptors (Lipinski definition) is 9. The molecule has 0 N–H and O–H groups in total. The summed E-state index contributed by atoms with van der Waals surface area (Å²) in [5, 5.41) is 0. The first kappa shape index (κ1) is 37.0. The van der Waals surface area contributed by atoms with Gasteiger partial charge in [0, 0.05) is 27.8 Å². The van der Waals surface area contributed by atoms with Crippen molar-refractivity contribution in [2.45, 2.75) is 25.1 Å². The van der Waals surface area contributed by atoms with Crippen LogP contribution < -0.4 is 4.18 Å². The van der Waals surface area contributed by atoms with Crippen LogP contribution in [0, 0.1) is 35.1 Å². The number of methoxy groups -OCH3 is 3. The Morgan fingerprint density at radius 1 is 0.625 bits per heavy atom. The van der Waals surface area contributed by atoms with E-state index in [1.807, 2.05) is 0 Å². The molecule has 3 rings (SSSR count). The maximum atomic E-state index is 12.8. The van der Waals surface area contributed by atoms with Gasteiger partial charge in [-0.1, -0.05) is 49.2 Å². The number of esters is 3. The molecule has 14 heteroatoms. The normalized spacial score (nSPS) is 10.9. The first-order chi connectivity index (χ1) is 22.4. The largest absolute Gasteiger partial charge is 0.534 e.